The fraction of sp³-hybridized carbons (Fsp3) is 0.538. The van der Waals surface area contributed by atoms with Gasteiger partial charge in [0, 0.05) is 20.0 Å². The summed E-state index contributed by atoms with van der Waals surface area (Å²) in [5.74, 6) is -0.375. The maximum absolute atomic E-state index is 11.9. The lowest BCUT2D eigenvalue weighted by Crippen LogP contribution is -2.32. The second-order valence-electron chi connectivity index (χ2n) is 5.14. The molecular formula is C13H19N5O3. The van der Waals surface area contributed by atoms with Gasteiger partial charge < -0.3 is 10.2 Å². The Morgan fingerprint density at radius 1 is 1.38 bits per heavy atom. The van der Waals surface area contributed by atoms with Crippen LogP contribution in [0.1, 0.15) is 24.2 Å². The Kier molecular flexibility index (Phi) is 4.25. The first-order valence-electron chi connectivity index (χ1n) is 6.77. The van der Waals surface area contributed by atoms with Crippen LogP contribution in [0.15, 0.2) is 0 Å². The number of carbonyl (C=O) groups is 3. The Labute approximate surface area is 122 Å². The lowest BCUT2D eigenvalue weighted by molar-refractivity contribution is -0.125. The molecule has 0 bridgehead atoms. The first-order chi connectivity index (χ1) is 9.90. The summed E-state index contributed by atoms with van der Waals surface area (Å²) in [6.45, 7) is 4.00. The number of nitrogens with one attached hydrogen (secondary N) is 2. The summed E-state index contributed by atoms with van der Waals surface area (Å²) < 4.78 is 0. The van der Waals surface area contributed by atoms with E-state index in [1.807, 2.05) is 6.92 Å². The number of H-pyrrole nitrogens is 1. The summed E-state index contributed by atoms with van der Waals surface area (Å²) in [5.41, 5.74) is 2.22. The van der Waals surface area contributed by atoms with E-state index < -0.39 is 0 Å². The lowest BCUT2D eigenvalue weighted by Gasteiger charge is -2.13. The van der Waals surface area contributed by atoms with Crippen LogP contribution in [0.25, 0.3) is 0 Å². The van der Waals surface area contributed by atoms with Crippen LogP contribution in [0.3, 0.4) is 0 Å². The second kappa shape index (κ2) is 5.94. The molecule has 8 heteroatoms. The molecule has 0 saturated carbocycles. The smallest absolute Gasteiger partial charge is 0.323 e. The summed E-state index contributed by atoms with van der Waals surface area (Å²) in [5, 5.41) is 9.57. The average Bonchev–Trinajstić information content (AvgIpc) is 2.85. The fourth-order valence-corrected chi connectivity index (χ4v) is 2.22. The molecule has 0 aliphatic carbocycles. The van der Waals surface area contributed by atoms with Crippen LogP contribution < -0.4 is 5.32 Å². The molecule has 1 aromatic rings. The molecule has 1 aromatic heterocycles. The van der Waals surface area contributed by atoms with E-state index in [1.54, 1.807) is 14.0 Å². The molecule has 2 heterocycles. The zero-order chi connectivity index (χ0) is 15.6. The molecular weight excluding hydrogens is 274 g/mol. The number of hydrogen-bond donors (Lipinski definition) is 2. The fourth-order valence-electron chi connectivity index (χ4n) is 2.22. The third kappa shape index (κ3) is 3.21. The van der Waals surface area contributed by atoms with Crippen LogP contribution >= 0.6 is 0 Å². The Morgan fingerprint density at radius 3 is 2.62 bits per heavy atom. The number of hydrogen-bond acceptors (Lipinski definition) is 4. The Balaban J connectivity index is 1.80. The van der Waals surface area contributed by atoms with Gasteiger partial charge in [-0.3, -0.25) is 19.6 Å². The molecule has 1 aliphatic rings. The molecule has 4 amide bonds. The summed E-state index contributed by atoms with van der Waals surface area (Å²) in [6.07, 6.45) is 0.679. The highest BCUT2D eigenvalue weighted by atomic mass is 16.2. The van der Waals surface area contributed by atoms with Crippen molar-refractivity contribution in [3.8, 4) is 0 Å². The molecule has 114 valence electrons. The van der Waals surface area contributed by atoms with Crippen LogP contribution in [0.5, 0.6) is 0 Å². The molecule has 1 fully saturated rings. The number of imide groups is 1. The maximum Gasteiger partial charge on any atom is 0.326 e. The van der Waals surface area contributed by atoms with Gasteiger partial charge >= 0.3 is 6.03 Å². The lowest BCUT2D eigenvalue weighted by atomic mass is 10.2. The number of nitrogens with zero attached hydrogens (tertiary/aromatic N) is 3. The zero-order valence-electron chi connectivity index (χ0n) is 12.4. The van der Waals surface area contributed by atoms with Crippen molar-refractivity contribution < 1.29 is 14.4 Å². The second-order valence-corrected chi connectivity index (χ2v) is 5.14. The standard InChI is InChI=1S/C13H19N5O3/c1-8-12(9(2)16-15-8)14-10(19)5-4-6-18-11(20)7-17(3)13(18)21/h4-7H2,1-3H3,(H,14,19)(H,15,16). The van der Waals surface area contributed by atoms with Crippen molar-refractivity contribution in [1.82, 2.24) is 20.0 Å². The molecule has 0 radical (unpaired) electrons. The van der Waals surface area contributed by atoms with E-state index >= 15 is 0 Å². The highest BCUT2D eigenvalue weighted by Crippen LogP contribution is 2.16. The SMILES string of the molecule is Cc1n[nH]c(C)c1NC(=O)CCCN1C(=O)CN(C)C1=O. The Morgan fingerprint density at radius 2 is 2.10 bits per heavy atom. The predicted molar refractivity (Wildman–Crippen MR) is 75.7 cm³/mol. The molecule has 21 heavy (non-hydrogen) atoms. The number of aryl methyl sites for hydroxylation is 2. The van der Waals surface area contributed by atoms with E-state index in [2.05, 4.69) is 15.5 Å². The molecule has 0 unspecified atom stereocenters. The van der Waals surface area contributed by atoms with E-state index in [4.69, 9.17) is 0 Å². The van der Waals surface area contributed by atoms with E-state index in [-0.39, 0.29) is 37.4 Å². The van der Waals surface area contributed by atoms with Gasteiger partial charge in [0.2, 0.25) is 11.8 Å². The zero-order valence-corrected chi connectivity index (χ0v) is 12.4. The van der Waals surface area contributed by atoms with Crippen molar-refractivity contribution >= 4 is 23.5 Å². The van der Waals surface area contributed by atoms with Crippen LogP contribution in [0.2, 0.25) is 0 Å². The molecule has 8 nitrogen and oxygen atoms in total. The predicted octanol–water partition coefficient (Wildman–Crippen LogP) is 0.639. The van der Waals surface area contributed by atoms with Gasteiger partial charge in [-0.2, -0.15) is 5.10 Å². The third-order valence-electron chi connectivity index (χ3n) is 3.41. The van der Waals surface area contributed by atoms with Crippen LogP contribution in [0.4, 0.5) is 10.5 Å². The van der Waals surface area contributed by atoms with Crippen LogP contribution in [-0.2, 0) is 9.59 Å². The minimum atomic E-state index is -0.304. The third-order valence-corrected chi connectivity index (χ3v) is 3.41. The average molecular weight is 293 g/mol. The monoisotopic (exact) mass is 293 g/mol. The normalized spacial score (nSPS) is 15.0. The minimum Gasteiger partial charge on any atom is -0.323 e. The Bertz CT molecular complexity index is 561. The highest BCUT2D eigenvalue weighted by molar-refractivity contribution is 6.01. The number of likely N-dealkylation sites (N-methyl/N-ethyl adjacent to an activating group) is 1. The van der Waals surface area contributed by atoms with Crippen molar-refractivity contribution in [2.75, 3.05) is 25.5 Å². The summed E-state index contributed by atoms with van der Waals surface area (Å²) >= 11 is 0. The summed E-state index contributed by atoms with van der Waals surface area (Å²) in [4.78, 5) is 37.6. The van der Waals surface area contributed by atoms with E-state index in [0.717, 1.165) is 11.4 Å². The first-order valence-corrected chi connectivity index (χ1v) is 6.77. The Hall–Kier alpha value is -2.38. The molecule has 1 saturated heterocycles. The van der Waals surface area contributed by atoms with Crippen LogP contribution in [0, 0.1) is 13.8 Å². The number of aromatic nitrogens is 2. The number of amides is 4. The van der Waals surface area contributed by atoms with E-state index in [9.17, 15) is 14.4 Å². The summed E-state index contributed by atoms with van der Waals surface area (Å²) in [7, 11) is 1.58. The number of urea groups is 1. The van der Waals surface area contributed by atoms with Crippen LogP contribution in [-0.4, -0.2) is 58.0 Å². The number of anilines is 1. The molecule has 0 atom stereocenters. The molecule has 2 N–H and O–H groups in total. The molecule has 2 rings (SSSR count). The van der Waals surface area contributed by atoms with Gasteiger partial charge in [-0.15, -0.1) is 0 Å². The van der Waals surface area contributed by atoms with Crippen molar-refractivity contribution in [2.45, 2.75) is 26.7 Å². The molecule has 1 aliphatic heterocycles. The van der Waals surface area contributed by atoms with Gasteiger partial charge in [0.15, 0.2) is 0 Å². The van der Waals surface area contributed by atoms with Crippen molar-refractivity contribution in [2.24, 2.45) is 0 Å². The van der Waals surface area contributed by atoms with Gasteiger partial charge in [-0.1, -0.05) is 0 Å². The van der Waals surface area contributed by atoms with E-state index in [1.165, 1.54) is 9.80 Å². The van der Waals surface area contributed by atoms with Gasteiger partial charge in [0.1, 0.15) is 6.54 Å². The first kappa shape index (κ1) is 15.0. The van der Waals surface area contributed by atoms with E-state index in [0.29, 0.717) is 12.1 Å². The minimum absolute atomic E-state index is 0.110. The maximum atomic E-state index is 11.9. The van der Waals surface area contributed by atoms with Crippen molar-refractivity contribution in [3.63, 3.8) is 0 Å². The quantitative estimate of drug-likeness (QED) is 0.778. The molecule has 0 aromatic carbocycles. The highest BCUT2D eigenvalue weighted by Gasteiger charge is 2.32. The van der Waals surface area contributed by atoms with Gasteiger partial charge in [-0.05, 0) is 20.3 Å². The van der Waals surface area contributed by atoms with Crippen molar-refractivity contribution in [3.05, 3.63) is 11.4 Å². The summed E-state index contributed by atoms with van der Waals surface area (Å²) in [6, 6.07) is -0.304. The van der Waals surface area contributed by atoms with Crippen molar-refractivity contribution in [1.29, 1.82) is 0 Å². The van der Waals surface area contributed by atoms with Gasteiger partial charge in [0.05, 0.1) is 17.1 Å². The topological polar surface area (TPSA) is 98.4 Å². The van der Waals surface area contributed by atoms with Gasteiger partial charge in [0.25, 0.3) is 0 Å². The number of rotatable bonds is 5. The largest absolute Gasteiger partial charge is 0.326 e. The van der Waals surface area contributed by atoms with Gasteiger partial charge in [-0.25, -0.2) is 4.79 Å². The number of aromatic amines is 1. The number of carbonyl (C=O) groups excluding carboxylic acids is 3. The molecule has 0 spiro atoms.